The molecule has 1 atom stereocenters. The standard InChI is InChI=1S/C17H17F3O/c1-10-4-5-13(8-11(10)2)12(3)14-6-7-16(21)15(9-14)17(18,19)20/h4-9,12,21H,1-3H3. The second kappa shape index (κ2) is 5.43. The topological polar surface area (TPSA) is 20.2 Å². The molecular weight excluding hydrogens is 277 g/mol. The molecule has 2 aromatic rings. The van der Waals surface area contributed by atoms with Crippen LogP contribution in [0, 0.1) is 13.8 Å². The Morgan fingerprint density at radius 2 is 1.48 bits per heavy atom. The molecule has 0 amide bonds. The summed E-state index contributed by atoms with van der Waals surface area (Å²) in [4.78, 5) is 0. The second-order valence-electron chi connectivity index (χ2n) is 5.34. The van der Waals surface area contributed by atoms with Crippen molar-refractivity contribution in [3.8, 4) is 5.75 Å². The van der Waals surface area contributed by atoms with Crippen molar-refractivity contribution >= 4 is 0 Å². The molecule has 1 nitrogen and oxygen atoms in total. The number of phenolic OH excluding ortho intramolecular Hbond substituents is 1. The van der Waals surface area contributed by atoms with Crippen LogP contribution in [0.1, 0.15) is 40.7 Å². The molecule has 21 heavy (non-hydrogen) atoms. The smallest absolute Gasteiger partial charge is 0.419 e. The summed E-state index contributed by atoms with van der Waals surface area (Å²) < 4.78 is 38.6. The third-order valence-corrected chi connectivity index (χ3v) is 3.86. The molecule has 0 saturated carbocycles. The average molecular weight is 294 g/mol. The lowest BCUT2D eigenvalue weighted by Gasteiger charge is -2.17. The zero-order valence-corrected chi connectivity index (χ0v) is 12.1. The first-order valence-electron chi connectivity index (χ1n) is 6.67. The molecule has 2 aromatic carbocycles. The molecule has 0 aliphatic rings. The molecule has 2 rings (SSSR count). The zero-order valence-electron chi connectivity index (χ0n) is 12.1. The number of aromatic hydroxyl groups is 1. The van der Waals surface area contributed by atoms with Gasteiger partial charge in [0.25, 0.3) is 0 Å². The van der Waals surface area contributed by atoms with Crippen LogP contribution in [0.4, 0.5) is 13.2 Å². The minimum atomic E-state index is -4.55. The summed E-state index contributed by atoms with van der Waals surface area (Å²) >= 11 is 0. The highest BCUT2D eigenvalue weighted by Crippen LogP contribution is 2.38. The molecule has 1 unspecified atom stereocenters. The fraction of sp³-hybridized carbons (Fsp3) is 0.294. The van der Waals surface area contributed by atoms with Crippen molar-refractivity contribution in [1.29, 1.82) is 0 Å². The molecule has 0 heterocycles. The highest BCUT2D eigenvalue weighted by molar-refractivity contribution is 5.43. The van der Waals surface area contributed by atoms with Gasteiger partial charge in [0, 0.05) is 5.92 Å². The normalized spacial score (nSPS) is 13.2. The zero-order chi connectivity index (χ0) is 15.8. The molecule has 0 aliphatic heterocycles. The maximum Gasteiger partial charge on any atom is 0.419 e. The van der Waals surface area contributed by atoms with Gasteiger partial charge >= 0.3 is 6.18 Å². The predicted molar refractivity (Wildman–Crippen MR) is 76.5 cm³/mol. The highest BCUT2D eigenvalue weighted by atomic mass is 19.4. The van der Waals surface area contributed by atoms with Crippen LogP contribution in [0.3, 0.4) is 0 Å². The first-order chi connectivity index (χ1) is 9.70. The monoisotopic (exact) mass is 294 g/mol. The molecule has 112 valence electrons. The summed E-state index contributed by atoms with van der Waals surface area (Å²) in [5, 5.41) is 9.38. The summed E-state index contributed by atoms with van der Waals surface area (Å²) in [6.07, 6.45) is -4.55. The average Bonchev–Trinajstić information content (AvgIpc) is 2.40. The van der Waals surface area contributed by atoms with Crippen molar-refractivity contribution in [2.24, 2.45) is 0 Å². The van der Waals surface area contributed by atoms with E-state index in [1.54, 1.807) is 0 Å². The number of benzene rings is 2. The van der Waals surface area contributed by atoms with E-state index in [-0.39, 0.29) is 5.92 Å². The molecule has 0 radical (unpaired) electrons. The first-order valence-corrected chi connectivity index (χ1v) is 6.67. The predicted octanol–water partition coefficient (Wildman–Crippen LogP) is 5.18. The second-order valence-corrected chi connectivity index (χ2v) is 5.34. The fourth-order valence-electron chi connectivity index (χ4n) is 2.28. The maximum atomic E-state index is 12.9. The Balaban J connectivity index is 2.44. The van der Waals surface area contributed by atoms with Gasteiger partial charge in [-0.15, -0.1) is 0 Å². The molecule has 1 N–H and O–H groups in total. The third kappa shape index (κ3) is 3.20. The maximum absolute atomic E-state index is 12.9. The number of aryl methyl sites for hydroxylation is 2. The number of hydrogen-bond donors (Lipinski definition) is 1. The van der Waals surface area contributed by atoms with E-state index in [0.29, 0.717) is 5.56 Å². The van der Waals surface area contributed by atoms with E-state index < -0.39 is 17.5 Å². The quantitative estimate of drug-likeness (QED) is 0.809. The van der Waals surface area contributed by atoms with Crippen molar-refractivity contribution < 1.29 is 18.3 Å². The van der Waals surface area contributed by atoms with Crippen LogP contribution < -0.4 is 0 Å². The van der Waals surface area contributed by atoms with E-state index >= 15 is 0 Å². The van der Waals surface area contributed by atoms with Crippen LogP contribution in [0.2, 0.25) is 0 Å². The molecule has 0 aromatic heterocycles. The molecule has 4 heteroatoms. The van der Waals surface area contributed by atoms with Crippen LogP contribution in [0.5, 0.6) is 5.75 Å². The van der Waals surface area contributed by atoms with Gasteiger partial charge in [-0.05, 0) is 48.2 Å². The molecule has 0 aliphatic carbocycles. The van der Waals surface area contributed by atoms with Crippen LogP contribution in [-0.2, 0) is 6.18 Å². The van der Waals surface area contributed by atoms with Crippen molar-refractivity contribution in [3.05, 3.63) is 64.2 Å². The van der Waals surface area contributed by atoms with Gasteiger partial charge in [0.2, 0.25) is 0 Å². The van der Waals surface area contributed by atoms with E-state index in [0.717, 1.165) is 28.8 Å². The van der Waals surface area contributed by atoms with Gasteiger partial charge in [-0.2, -0.15) is 13.2 Å². The Morgan fingerprint density at radius 1 is 0.905 bits per heavy atom. The fourth-order valence-corrected chi connectivity index (χ4v) is 2.28. The lowest BCUT2D eigenvalue weighted by molar-refractivity contribution is -0.138. The summed E-state index contributed by atoms with van der Waals surface area (Å²) in [5.74, 6) is -0.912. The third-order valence-electron chi connectivity index (χ3n) is 3.86. The van der Waals surface area contributed by atoms with Crippen LogP contribution in [0.15, 0.2) is 36.4 Å². The lowest BCUT2D eigenvalue weighted by atomic mass is 9.90. The van der Waals surface area contributed by atoms with Gasteiger partial charge in [-0.25, -0.2) is 0 Å². The number of hydrogen-bond acceptors (Lipinski definition) is 1. The Morgan fingerprint density at radius 3 is 2.05 bits per heavy atom. The van der Waals surface area contributed by atoms with Gasteiger partial charge in [0.1, 0.15) is 5.75 Å². The molecular formula is C17H17F3O. The van der Waals surface area contributed by atoms with Gasteiger partial charge in [0.15, 0.2) is 0 Å². The summed E-state index contributed by atoms with van der Waals surface area (Å²) in [5.41, 5.74) is 2.75. The van der Waals surface area contributed by atoms with Crippen molar-refractivity contribution in [2.75, 3.05) is 0 Å². The van der Waals surface area contributed by atoms with E-state index in [2.05, 4.69) is 0 Å². The minimum absolute atomic E-state index is 0.175. The van der Waals surface area contributed by atoms with Crippen molar-refractivity contribution in [1.82, 2.24) is 0 Å². The molecule has 0 saturated heterocycles. The Hall–Kier alpha value is -1.97. The minimum Gasteiger partial charge on any atom is -0.507 e. The number of rotatable bonds is 2. The first kappa shape index (κ1) is 15.4. The van der Waals surface area contributed by atoms with E-state index in [4.69, 9.17) is 0 Å². The van der Waals surface area contributed by atoms with E-state index in [1.165, 1.54) is 6.07 Å². The summed E-state index contributed by atoms with van der Waals surface area (Å²) in [6, 6.07) is 9.54. The van der Waals surface area contributed by atoms with Gasteiger partial charge in [-0.1, -0.05) is 31.2 Å². The van der Waals surface area contributed by atoms with E-state index in [9.17, 15) is 18.3 Å². The lowest BCUT2D eigenvalue weighted by Crippen LogP contribution is -2.07. The SMILES string of the molecule is Cc1ccc(C(C)c2ccc(O)c(C(F)(F)F)c2)cc1C. The Kier molecular flexibility index (Phi) is 3.99. The summed E-state index contributed by atoms with van der Waals surface area (Å²) in [7, 11) is 0. The van der Waals surface area contributed by atoms with Gasteiger partial charge in [0.05, 0.1) is 5.56 Å². The Bertz CT molecular complexity index is 660. The number of phenols is 1. The number of halogens is 3. The van der Waals surface area contributed by atoms with Crippen LogP contribution >= 0.6 is 0 Å². The van der Waals surface area contributed by atoms with Gasteiger partial charge in [-0.3, -0.25) is 0 Å². The molecule has 0 fully saturated rings. The Labute approximate surface area is 122 Å². The highest BCUT2D eigenvalue weighted by Gasteiger charge is 2.34. The molecule has 0 spiro atoms. The number of alkyl halides is 3. The summed E-state index contributed by atoms with van der Waals surface area (Å²) in [6.45, 7) is 5.83. The largest absolute Gasteiger partial charge is 0.507 e. The van der Waals surface area contributed by atoms with Crippen molar-refractivity contribution in [3.63, 3.8) is 0 Å². The van der Waals surface area contributed by atoms with Crippen LogP contribution in [0.25, 0.3) is 0 Å². The van der Waals surface area contributed by atoms with Crippen LogP contribution in [-0.4, -0.2) is 5.11 Å². The van der Waals surface area contributed by atoms with Gasteiger partial charge < -0.3 is 5.11 Å². The molecule has 0 bridgehead atoms. The van der Waals surface area contributed by atoms with E-state index in [1.807, 2.05) is 39.0 Å². The van der Waals surface area contributed by atoms with Crippen molar-refractivity contribution in [2.45, 2.75) is 32.9 Å².